The van der Waals surface area contributed by atoms with Gasteiger partial charge in [-0.05, 0) is 55.2 Å². The Morgan fingerprint density at radius 1 is 1.10 bits per heavy atom. The standard InChI is InChI=1S/C22H30N2O4S/c1-5-28-19-14-12-18(13-15-19)24(29(4,26)27)16-8-11-22(25)23-21-10-7-6-9-20(21)17(2)3/h6-7,9-10,12-15,17H,5,8,11,16H2,1-4H3,(H,23,25). The predicted molar refractivity (Wildman–Crippen MR) is 118 cm³/mol. The Balaban J connectivity index is 1.99. The van der Waals surface area contributed by atoms with Crippen LogP contribution in [-0.4, -0.2) is 33.7 Å². The maximum Gasteiger partial charge on any atom is 0.232 e. The first kappa shape index (κ1) is 22.7. The van der Waals surface area contributed by atoms with E-state index in [0.29, 0.717) is 30.4 Å². The molecule has 6 nitrogen and oxygen atoms in total. The maximum atomic E-state index is 12.4. The molecule has 2 aromatic rings. The van der Waals surface area contributed by atoms with Crippen LogP contribution in [-0.2, 0) is 14.8 Å². The Morgan fingerprint density at radius 2 is 1.76 bits per heavy atom. The molecule has 0 aliphatic carbocycles. The molecular formula is C22H30N2O4S. The molecule has 0 aliphatic heterocycles. The summed E-state index contributed by atoms with van der Waals surface area (Å²) in [5.74, 6) is 0.859. The zero-order chi connectivity index (χ0) is 21.4. The van der Waals surface area contributed by atoms with Gasteiger partial charge in [-0.25, -0.2) is 8.42 Å². The summed E-state index contributed by atoms with van der Waals surface area (Å²) in [7, 11) is -3.46. The highest BCUT2D eigenvalue weighted by molar-refractivity contribution is 7.92. The Bertz CT molecular complexity index is 909. The van der Waals surface area contributed by atoms with Gasteiger partial charge in [0.1, 0.15) is 5.75 Å². The van der Waals surface area contributed by atoms with Crippen molar-refractivity contribution in [2.45, 2.75) is 39.5 Å². The lowest BCUT2D eigenvalue weighted by molar-refractivity contribution is -0.116. The summed E-state index contributed by atoms with van der Waals surface area (Å²) in [5.41, 5.74) is 2.44. The molecule has 0 saturated carbocycles. The highest BCUT2D eigenvalue weighted by atomic mass is 32.2. The number of nitrogens with zero attached hydrogens (tertiary/aromatic N) is 1. The van der Waals surface area contributed by atoms with E-state index in [9.17, 15) is 13.2 Å². The lowest BCUT2D eigenvalue weighted by atomic mass is 10.0. The molecular weight excluding hydrogens is 388 g/mol. The normalized spacial score (nSPS) is 11.3. The third-order valence-electron chi connectivity index (χ3n) is 4.46. The number of hydrogen-bond donors (Lipinski definition) is 1. The van der Waals surface area contributed by atoms with Crippen molar-refractivity contribution in [2.24, 2.45) is 0 Å². The summed E-state index contributed by atoms with van der Waals surface area (Å²) >= 11 is 0. The van der Waals surface area contributed by atoms with E-state index in [0.717, 1.165) is 11.3 Å². The highest BCUT2D eigenvalue weighted by Gasteiger charge is 2.18. The monoisotopic (exact) mass is 418 g/mol. The molecule has 0 aliphatic rings. The minimum absolute atomic E-state index is 0.127. The van der Waals surface area contributed by atoms with Gasteiger partial charge in [-0.15, -0.1) is 0 Å². The zero-order valence-electron chi connectivity index (χ0n) is 17.5. The SMILES string of the molecule is CCOc1ccc(N(CCCC(=O)Nc2ccccc2C(C)C)S(C)(=O)=O)cc1. The van der Waals surface area contributed by atoms with Crippen molar-refractivity contribution in [3.05, 3.63) is 54.1 Å². The molecule has 1 N–H and O–H groups in total. The van der Waals surface area contributed by atoms with Gasteiger partial charge in [0, 0.05) is 18.7 Å². The van der Waals surface area contributed by atoms with Crippen LogP contribution in [0.15, 0.2) is 48.5 Å². The number of nitrogens with one attached hydrogen (secondary N) is 1. The van der Waals surface area contributed by atoms with Crippen molar-refractivity contribution in [2.75, 3.05) is 29.0 Å². The second-order valence-electron chi connectivity index (χ2n) is 7.16. The van der Waals surface area contributed by atoms with Crippen molar-refractivity contribution in [1.82, 2.24) is 0 Å². The van der Waals surface area contributed by atoms with E-state index in [1.165, 1.54) is 10.6 Å². The first-order valence-electron chi connectivity index (χ1n) is 9.81. The third-order valence-corrected chi connectivity index (χ3v) is 5.65. The average molecular weight is 419 g/mol. The molecule has 0 heterocycles. The minimum atomic E-state index is -3.46. The number of para-hydroxylation sites is 1. The van der Waals surface area contributed by atoms with Crippen molar-refractivity contribution in [3.8, 4) is 5.75 Å². The first-order chi connectivity index (χ1) is 13.7. The molecule has 0 unspecified atom stereocenters. The van der Waals surface area contributed by atoms with Gasteiger partial charge in [0.15, 0.2) is 0 Å². The van der Waals surface area contributed by atoms with E-state index in [1.807, 2.05) is 31.2 Å². The molecule has 7 heteroatoms. The lowest BCUT2D eigenvalue weighted by Crippen LogP contribution is -2.31. The molecule has 1 amide bonds. The predicted octanol–water partition coefficient (Wildman–Crippen LogP) is 4.39. The van der Waals surface area contributed by atoms with Gasteiger partial charge in [0.05, 0.1) is 18.6 Å². The van der Waals surface area contributed by atoms with Crippen LogP contribution >= 0.6 is 0 Å². The summed E-state index contributed by atoms with van der Waals surface area (Å²) < 4.78 is 31.2. The molecule has 0 spiro atoms. The number of anilines is 2. The molecule has 0 saturated heterocycles. The van der Waals surface area contributed by atoms with Crippen LogP contribution in [0.4, 0.5) is 11.4 Å². The summed E-state index contributed by atoms with van der Waals surface area (Å²) in [6, 6.07) is 14.6. The number of rotatable bonds is 10. The van der Waals surface area contributed by atoms with Crippen molar-refractivity contribution >= 4 is 27.3 Å². The number of sulfonamides is 1. The first-order valence-corrected chi connectivity index (χ1v) is 11.7. The summed E-state index contributed by atoms with van der Waals surface area (Å²) in [4.78, 5) is 12.4. The van der Waals surface area contributed by atoms with Crippen LogP contribution < -0.4 is 14.4 Å². The number of ether oxygens (including phenoxy) is 1. The molecule has 158 valence electrons. The van der Waals surface area contributed by atoms with Crippen LogP contribution in [0, 0.1) is 0 Å². The second kappa shape index (κ2) is 10.3. The molecule has 2 aromatic carbocycles. The molecule has 0 atom stereocenters. The van der Waals surface area contributed by atoms with Gasteiger partial charge in [-0.1, -0.05) is 32.0 Å². The van der Waals surface area contributed by atoms with Gasteiger partial charge in [0.25, 0.3) is 0 Å². The van der Waals surface area contributed by atoms with Gasteiger partial charge >= 0.3 is 0 Å². The van der Waals surface area contributed by atoms with Crippen molar-refractivity contribution < 1.29 is 17.9 Å². The average Bonchev–Trinajstić information content (AvgIpc) is 2.66. The fourth-order valence-electron chi connectivity index (χ4n) is 3.07. The van der Waals surface area contributed by atoms with Gasteiger partial charge < -0.3 is 10.1 Å². The topological polar surface area (TPSA) is 75.7 Å². The number of carbonyl (C=O) groups excluding carboxylic acids is 1. The number of hydrogen-bond acceptors (Lipinski definition) is 4. The van der Waals surface area contributed by atoms with Crippen LogP contribution in [0.1, 0.15) is 45.1 Å². The summed E-state index contributed by atoms with van der Waals surface area (Å²) in [5, 5.41) is 2.94. The third kappa shape index (κ3) is 6.78. The zero-order valence-corrected chi connectivity index (χ0v) is 18.3. The minimum Gasteiger partial charge on any atom is -0.494 e. The van der Waals surface area contributed by atoms with Gasteiger partial charge in [-0.2, -0.15) is 0 Å². The summed E-state index contributed by atoms with van der Waals surface area (Å²) in [6.07, 6.45) is 1.81. The van der Waals surface area contributed by atoms with E-state index in [2.05, 4.69) is 19.2 Å². The molecule has 0 fully saturated rings. The highest BCUT2D eigenvalue weighted by Crippen LogP contribution is 2.24. The number of benzene rings is 2. The van der Waals surface area contributed by atoms with Gasteiger partial charge in [-0.3, -0.25) is 9.10 Å². The van der Waals surface area contributed by atoms with E-state index in [1.54, 1.807) is 24.3 Å². The van der Waals surface area contributed by atoms with E-state index < -0.39 is 10.0 Å². The Labute approximate surface area is 173 Å². The second-order valence-corrected chi connectivity index (χ2v) is 9.06. The Morgan fingerprint density at radius 3 is 2.34 bits per heavy atom. The quantitative estimate of drug-likeness (QED) is 0.621. The molecule has 0 bridgehead atoms. The fourth-order valence-corrected chi connectivity index (χ4v) is 4.04. The van der Waals surface area contributed by atoms with E-state index >= 15 is 0 Å². The molecule has 0 radical (unpaired) electrons. The van der Waals surface area contributed by atoms with E-state index in [-0.39, 0.29) is 18.9 Å². The smallest absolute Gasteiger partial charge is 0.232 e. The lowest BCUT2D eigenvalue weighted by Gasteiger charge is -2.22. The Kier molecular flexibility index (Phi) is 8.08. The number of carbonyl (C=O) groups is 1. The Hall–Kier alpha value is -2.54. The molecule has 29 heavy (non-hydrogen) atoms. The molecule has 0 aromatic heterocycles. The van der Waals surface area contributed by atoms with Crippen molar-refractivity contribution in [3.63, 3.8) is 0 Å². The molecule has 2 rings (SSSR count). The van der Waals surface area contributed by atoms with Crippen LogP contribution in [0.25, 0.3) is 0 Å². The largest absolute Gasteiger partial charge is 0.494 e. The van der Waals surface area contributed by atoms with Crippen LogP contribution in [0.2, 0.25) is 0 Å². The van der Waals surface area contributed by atoms with Crippen molar-refractivity contribution in [1.29, 1.82) is 0 Å². The number of amides is 1. The van der Waals surface area contributed by atoms with E-state index in [4.69, 9.17) is 4.74 Å². The summed E-state index contributed by atoms with van der Waals surface area (Å²) in [6.45, 7) is 6.81. The fraction of sp³-hybridized carbons (Fsp3) is 0.409. The van der Waals surface area contributed by atoms with Crippen LogP contribution in [0.5, 0.6) is 5.75 Å². The maximum absolute atomic E-state index is 12.4. The van der Waals surface area contributed by atoms with Gasteiger partial charge in [0.2, 0.25) is 15.9 Å². The van der Waals surface area contributed by atoms with Crippen LogP contribution in [0.3, 0.4) is 0 Å².